The molecule has 3 aromatic rings. The van der Waals surface area contributed by atoms with Gasteiger partial charge in [-0.05, 0) is 62.6 Å². The largest absolute Gasteiger partial charge is 0.494 e. The van der Waals surface area contributed by atoms with Crippen LogP contribution < -0.4 is 18.9 Å². The highest BCUT2D eigenvalue weighted by Crippen LogP contribution is 2.46. The predicted octanol–water partition coefficient (Wildman–Crippen LogP) is 6.74. The van der Waals surface area contributed by atoms with Crippen LogP contribution in [0.15, 0.2) is 66.7 Å². The molecule has 176 valence electrons. The topological polar surface area (TPSA) is 36.9 Å². The maximum Gasteiger partial charge on any atom is 0.133 e. The van der Waals surface area contributed by atoms with Crippen molar-refractivity contribution in [1.29, 1.82) is 0 Å². The molecule has 0 aromatic heterocycles. The molecule has 5 rings (SSSR count). The monoisotopic (exact) mass is 456 g/mol. The summed E-state index contributed by atoms with van der Waals surface area (Å²) < 4.78 is 24.7. The van der Waals surface area contributed by atoms with Crippen LogP contribution >= 0.6 is 0 Å². The third-order valence-electron chi connectivity index (χ3n) is 6.53. The molecular formula is C30H32O4. The first-order valence-electron chi connectivity index (χ1n) is 12.0. The Morgan fingerprint density at radius 3 is 2.56 bits per heavy atom. The summed E-state index contributed by atoms with van der Waals surface area (Å²) in [5.74, 6) is 3.46. The van der Waals surface area contributed by atoms with Gasteiger partial charge in [0.1, 0.15) is 35.2 Å². The van der Waals surface area contributed by atoms with Gasteiger partial charge < -0.3 is 18.9 Å². The van der Waals surface area contributed by atoms with Crippen LogP contribution in [0.1, 0.15) is 49.9 Å². The Balaban J connectivity index is 1.46. The minimum Gasteiger partial charge on any atom is -0.494 e. The molecule has 1 atom stereocenters. The third-order valence-corrected chi connectivity index (χ3v) is 6.53. The average Bonchev–Trinajstić information content (AvgIpc) is 2.83. The van der Waals surface area contributed by atoms with Gasteiger partial charge in [0, 0.05) is 17.0 Å². The second-order valence-electron chi connectivity index (χ2n) is 9.90. The van der Waals surface area contributed by atoms with E-state index in [1.807, 2.05) is 37.3 Å². The number of hydrogen-bond donors (Lipinski definition) is 0. The Kier molecular flexibility index (Phi) is 5.76. The quantitative estimate of drug-likeness (QED) is 0.412. The minimum atomic E-state index is -0.308. The van der Waals surface area contributed by atoms with Gasteiger partial charge in [-0.2, -0.15) is 0 Å². The van der Waals surface area contributed by atoms with Crippen molar-refractivity contribution in [3.05, 3.63) is 89.0 Å². The number of ether oxygens (including phenoxy) is 4. The van der Waals surface area contributed by atoms with Gasteiger partial charge in [0.2, 0.25) is 0 Å². The molecule has 0 radical (unpaired) electrons. The second-order valence-corrected chi connectivity index (χ2v) is 9.90. The summed E-state index contributed by atoms with van der Waals surface area (Å²) in [6, 6.07) is 20.6. The van der Waals surface area contributed by atoms with Crippen LogP contribution in [0.25, 0.3) is 6.08 Å². The Bertz CT molecular complexity index is 1210. The van der Waals surface area contributed by atoms with Crippen LogP contribution in [-0.2, 0) is 18.4 Å². The summed E-state index contributed by atoms with van der Waals surface area (Å²) in [7, 11) is 0. The fourth-order valence-corrected chi connectivity index (χ4v) is 4.77. The maximum atomic E-state index is 6.44. The zero-order valence-electron chi connectivity index (χ0n) is 20.4. The van der Waals surface area contributed by atoms with E-state index in [4.69, 9.17) is 18.9 Å². The molecule has 0 saturated heterocycles. The van der Waals surface area contributed by atoms with Crippen molar-refractivity contribution in [2.45, 2.75) is 51.7 Å². The molecule has 0 saturated carbocycles. The maximum absolute atomic E-state index is 6.44. The van der Waals surface area contributed by atoms with Crippen LogP contribution in [0.4, 0.5) is 0 Å². The summed E-state index contributed by atoms with van der Waals surface area (Å²) in [6.07, 6.45) is 5.07. The second kappa shape index (κ2) is 8.75. The van der Waals surface area contributed by atoms with E-state index in [2.05, 4.69) is 63.3 Å². The molecule has 4 nitrogen and oxygen atoms in total. The SMILES string of the molecule is CCOc1ccc(C2(C)COc3c(ccc4c3C=CC(C)(C)O4)C2)c(OCc2ccccc2)c1. The van der Waals surface area contributed by atoms with Gasteiger partial charge in [-0.25, -0.2) is 0 Å². The van der Waals surface area contributed by atoms with E-state index in [-0.39, 0.29) is 11.0 Å². The first-order chi connectivity index (χ1) is 16.4. The van der Waals surface area contributed by atoms with E-state index < -0.39 is 0 Å². The molecule has 0 aliphatic carbocycles. The van der Waals surface area contributed by atoms with Gasteiger partial charge in [-0.3, -0.25) is 0 Å². The van der Waals surface area contributed by atoms with E-state index in [0.717, 1.165) is 46.1 Å². The van der Waals surface area contributed by atoms with Crippen molar-refractivity contribution in [3.63, 3.8) is 0 Å². The van der Waals surface area contributed by atoms with Gasteiger partial charge in [0.25, 0.3) is 0 Å². The molecule has 0 bridgehead atoms. The summed E-state index contributed by atoms with van der Waals surface area (Å²) >= 11 is 0. The van der Waals surface area contributed by atoms with Gasteiger partial charge in [0.05, 0.1) is 18.8 Å². The molecule has 0 amide bonds. The van der Waals surface area contributed by atoms with Crippen molar-refractivity contribution in [1.82, 2.24) is 0 Å². The van der Waals surface area contributed by atoms with Crippen molar-refractivity contribution >= 4 is 6.08 Å². The Morgan fingerprint density at radius 1 is 0.941 bits per heavy atom. The lowest BCUT2D eigenvalue weighted by atomic mass is 9.75. The Hall–Kier alpha value is -3.40. The van der Waals surface area contributed by atoms with Gasteiger partial charge in [0.15, 0.2) is 0 Å². The average molecular weight is 457 g/mol. The smallest absolute Gasteiger partial charge is 0.133 e. The lowest BCUT2D eigenvalue weighted by Crippen LogP contribution is -2.37. The molecule has 3 aromatic carbocycles. The molecule has 0 fully saturated rings. The highest BCUT2D eigenvalue weighted by atomic mass is 16.5. The van der Waals surface area contributed by atoms with E-state index in [1.54, 1.807) is 0 Å². The van der Waals surface area contributed by atoms with Gasteiger partial charge in [-0.15, -0.1) is 0 Å². The zero-order chi connectivity index (χ0) is 23.8. The molecule has 2 heterocycles. The molecule has 4 heteroatoms. The van der Waals surface area contributed by atoms with Crippen LogP contribution in [-0.4, -0.2) is 18.8 Å². The van der Waals surface area contributed by atoms with E-state index in [0.29, 0.717) is 19.8 Å². The van der Waals surface area contributed by atoms with Crippen LogP contribution in [0, 0.1) is 0 Å². The first-order valence-corrected chi connectivity index (χ1v) is 12.0. The Labute approximate surface area is 202 Å². The lowest BCUT2D eigenvalue weighted by molar-refractivity contribution is 0.154. The number of fused-ring (bicyclic) bond motifs is 3. The van der Waals surface area contributed by atoms with E-state index >= 15 is 0 Å². The van der Waals surface area contributed by atoms with Crippen molar-refractivity contribution in [2.24, 2.45) is 0 Å². The van der Waals surface area contributed by atoms with Crippen LogP contribution in [0.3, 0.4) is 0 Å². The molecule has 0 N–H and O–H groups in total. The summed E-state index contributed by atoms with van der Waals surface area (Å²) in [6.45, 7) is 10.0. The molecule has 34 heavy (non-hydrogen) atoms. The Morgan fingerprint density at radius 2 is 1.76 bits per heavy atom. The number of hydrogen-bond acceptors (Lipinski definition) is 4. The predicted molar refractivity (Wildman–Crippen MR) is 135 cm³/mol. The van der Waals surface area contributed by atoms with Crippen LogP contribution in [0.5, 0.6) is 23.0 Å². The third kappa shape index (κ3) is 4.37. The molecule has 0 spiro atoms. The van der Waals surface area contributed by atoms with Crippen molar-refractivity contribution < 1.29 is 18.9 Å². The van der Waals surface area contributed by atoms with Gasteiger partial charge >= 0.3 is 0 Å². The van der Waals surface area contributed by atoms with Gasteiger partial charge in [-0.1, -0.05) is 49.4 Å². The van der Waals surface area contributed by atoms with Crippen molar-refractivity contribution in [3.8, 4) is 23.0 Å². The number of benzene rings is 3. The van der Waals surface area contributed by atoms with Crippen molar-refractivity contribution in [2.75, 3.05) is 13.2 Å². The highest BCUT2D eigenvalue weighted by Gasteiger charge is 2.38. The number of rotatable bonds is 6. The first kappa shape index (κ1) is 22.4. The molecular weight excluding hydrogens is 424 g/mol. The standard InChI is InChI=1S/C30H32O4/c1-5-31-23-12-13-25(27(17-23)32-19-21-9-7-6-8-10-21)30(4)18-22-11-14-26-24(28(22)33-20-30)15-16-29(2,3)34-26/h6-17H,5,18-20H2,1-4H3. The fourth-order valence-electron chi connectivity index (χ4n) is 4.77. The molecule has 2 aliphatic rings. The van der Waals surface area contributed by atoms with E-state index in [9.17, 15) is 0 Å². The fraction of sp³-hybridized carbons (Fsp3) is 0.333. The molecule has 2 aliphatic heterocycles. The summed E-state index contributed by atoms with van der Waals surface area (Å²) in [5, 5.41) is 0. The normalized spacial score (nSPS) is 19.9. The lowest BCUT2D eigenvalue weighted by Gasteiger charge is -2.38. The zero-order valence-corrected chi connectivity index (χ0v) is 20.4. The molecule has 1 unspecified atom stereocenters. The van der Waals surface area contributed by atoms with Crippen LogP contribution in [0.2, 0.25) is 0 Å². The van der Waals surface area contributed by atoms with E-state index in [1.165, 1.54) is 5.56 Å². The summed E-state index contributed by atoms with van der Waals surface area (Å²) in [5.41, 5.74) is 3.93. The summed E-state index contributed by atoms with van der Waals surface area (Å²) in [4.78, 5) is 0. The minimum absolute atomic E-state index is 0.240. The highest BCUT2D eigenvalue weighted by molar-refractivity contribution is 5.70.